The Morgan fingerprint density at radius 3 is 2.62 bits per heavy atom. The Morgan fingerprint density at radius 1 is 1.12 bits per heavy atom. The first-order valence-corrected chi connectivity index (χ1v) is 8.92. The van der Waals surface area contributed by atoms with Crippen LogP contribution < -0.4 is 10.5 Å². The van der Waals surface area contributed by atoms with E-state index in [0.29, 0.717) is 6.54 Å². The molecule has 0 aliphatic carbocycles. The Hall–Kier alpha value is -2.17. The fourth-order valence-electron chi connectivity index (χ4n) is 2.83. The van der Waals surface area contributed by atoms with Gasteiger partial charge in [0.15, 0.2) is 0 Å². The summed E-state index contributed by atoms with van der Waals surface area (Å²) in [5.74, 6) is 0.860. The van der Waals surface area contributed by atoms with E-state index in [2.05, 4.69) is 38.1 Å². The zero-order valence-corrected chi connectivity index (χ0v) is 15.1. The molecule has 0 saturated heterocycles. The molecule has 0 amide bonds. The van der Waals surface area contributed by atoms with Gasteiger partial charge >= 0.3 is 0 Å². The van der Waals surface area contributed by atoms with Crippen molar-refractivity contribution in [3.05, 3.63) is 58.5 Å². The molecule has 3 aromatic rings. The Kier molecular flexibility index (Phi) is 4.97. The number of rotatable bonds is 5. The van der Waals surface area contributed by atoms with Crippen molar-refractivity contribution in [2.24, 2.45) is 5.73 Å². The second-order valence-corrected chi connectivity index (χ2v) is 6.88. The van der Waals surface area contributed by atoms with Crippen molar-refractivity contribution in [2.75, 3.05) is 7.11 Å². The van der Waals surface area contributed by atoms with E-state index in [1.165, 1.54) is 10.4 Å². The smallest absolute Gasteiger partial charge is 0.128 e. The molecule has 3 nitrogen and oxygen atoms in total. The lowest BCUT2D eigenvalue weighted by atomic mass is 10.0. The van der Waals surface area contributed by atoms with Gasteiger partial charge in [-0.15, -0.1) is 11.3 Å². The Labute approximate surface area is 147 Å². The molecule has 3 rings (SSSR count). The minimum absolute atomic E-state index is 0.513. The van der Waals surface area contributed by atoms with Gasteiger partial charge in [0, 0.05) is 22.5 Å². The normalized spacial score (nSPS) is 10.8. The molecule has 2 aromatic carbocycles. The number of nitrogens with zero attached hydrogens (tertiary/aromatic N) is 1. The number of benzene rings is 2. The van der Waals surface area contributed by atoms with E-state index in [1.54, 1.807) is 18.4 Å². The largest absolute Gasteiger partial charge is 0.496 e. The first-order chi connectivity index (χ1) is 11.7. The number of hydrogen-bond donors (Lipinski definition) is 1. The van der Waals surface area contributed by atoms with E-state index < -0.39 is 0 Å². The lowest BCUT2D eigenvalue weighted by Crippen LogP contribution is -1.98. The number of aryl methyl sites for hydroxylation is 2. The maximum absolute atomic E-state index is 5.88. The van der Waals surface area contributed by atoms with Gasteiger partial charge in [0.1, 0.15) is 10.8 Å². The molecule has 24 heavy (non-hydrogen) atoms. The molecule has 0 radical (unpaired) electrons. The summed E-state index contributed by atoms with van der Waals surface area (Å²) in [6.07, 6.45) is 0.989. The number of hydrogen-bond acceptors (Lipinski definition) is 4. The predicted molar refractivity (Wildman–Crippen MR) is 102 cm³/mol. The number of nitrogens with two attached hydrogens (primary N) is 1. The van der Waals surface area contributed by atoms with Crippen LogP contribution in [0.2, 0.25) is 0 Å². The second-order valence-electron chi connectivity index (χ2n) is 5.67. The summed E-state index contributed by atoms with van der Waals surface area (Å²) in [4.78, 5) is 6.11. The molecule has 0 atom stereocenters. The van der Waals surface area contributed by atoms with Crippen LogP contribution in [-0.4, -0.2) is 12.1 Å². The van der Waals surface area contributed by atoms with Crippen molar-refractivity contribution < 1.29 is 4.74 Å². The summed E-state index contributed by atoms with van der Waals surface area (Å²) < 4.78 is 5.56. The molecule has 0 aliphatic rings. The van der Waals surface area contributed by atoms with Gasteiger partial charge in [-0.05, 0) is 36.6 Å². The minimum atomic E-state index is 0.513. The van der Waals surface area contributed by atoms with Crippen LogP contribution in [0.3, 0.4) is 0 Å². The standard InChI is InChI=1S/C20H22N2OS/c1-4-14-9-10-18(23-3)17(11-14)19-13(2)24-20(22-19)16-8-6-5-7-15(16)12-21/h5-11H,4,12,21H2,1-3H3. The Bertz CT molecular complexity index is 855. The quantitative estimate of drug-likeness (QED) is 0.726. The number of aromatic nitrogens is 1. The van der Waals surface area contributed by atoms with Gasteiger partial charge in [-0.1, -0.05) is 37.3 Å². The molecule has 1 aromatic heterocycles. The monoisotopic (exact) mass is 338 g/mol. The highest BCUT2D eigenvalue weighted by molar-refractivity contribution is 7.15. The van der Waals surface area contributed by atoms with Crippen LogP contribution >= 0.6 is 11.3 Å². The molecule has 0 saturated carbocycles. The summed E-state index contributed by atoms with van der Waals surface area (Å²) in [7, 11) is 1.71. The molecule has 2 N–H and O–H groups in total. The Balaban J connectivity index is 2.13. The van der Waals surface area contributed by atoms with Gasteiger partial charge in [-0.2, -0.15) is 0 Å². The van der Waals surface area contributed by atoms with Crippen LogP contribution in [0.4, 0.5) is 0 Å². The maximum atomic E-state index is 5.88. The molecule has 124 valence electrons. The van der Waals surface area contributed by atoms with E-state index >= 15 is 0 Å². The molecule has 0 unspecified atom stereocenters. The molecule has 0 aliphatic heterocycles. The van der Waals surface area contributed by atoms with Crippen molar-refractivity contribution >= 4 is 11.3 Å². The third-order valence-electron chi connectivity index (χ3n) is 4.19. The summed E-state index contributed by atoms with van der Waals surface area (Å²) in [6, 6.07) is 14.5. The van der Waals surface area contributed by atoms with Crippen LogP contribution in [0, 0.1) is 6.92 Å². The third kappa shape index (κ3) is 3.07. The van der Waals surface area contributed by atoms with Crippen LogP contribution in [0.25, 0.3) is 21.8 Å². The van der Waals surface area contributed by atoms with Gasteiger partial charge in [0.2, 0.25) is 0 Å². The predicted octanol–water partition coefficient (Wildman–Crippen LogP) is 4.82. The first kappa shape index (κ1) is 16.7. The first-order valence-electron chi connectivity index (χ1n) is 8.11. The highest BCUT2D eigenvalue weighted by Crippen LogP contribution is 2.38. The molecule has 0 spiro atoms. The third-order valence-corrected chi connectivity index (χ3v) is 5.20. The van der Waals surface area contributed by atoms with E-state index in [1.807, 2.05) is 18.2 Å². The maximum Gasteiger partial charge on any atom is 0.128 e. The summed E-state index contributed by atoms with van der Waals surface area (Å²) in [5.41, 5.74) is 11.4. The summed E-state index contributed by atoms with van der Waals surface area (Å²) >= 11 is 1.70. The molecule has 0 bridgehead atoms. The number of ether oxygens (including phenoxy) is 1. The lowest BCUT2D eigenvalue weighted by molar-refractivity contribution is 0.416. The molecule has 4 heteroatoms. The van der Waals surface area contributed by atoms with Gasteiger partial charge in [-0.25, -0.2) is 4.98 Å². The van der Waals surface area contributed by atoms with Gasteiger partial charge < -0.3 is 10.5 Å². The summed E-state index contributed by atoms with van der Waals surface area (Å²) in [6.45, 7) is 4.78. The molecular weight excluding hydrogens is 316 g/mol. The van der Waals surface area contributed by atoms with Crippen molar-refractivity contribution in [2.45, 2.75) is 26.8 Å². The fraction of sp³-hybridized carbons (Fsp3) is 0.250. The SMILES string of the molecule is CCc1ccc(OC)c(-c2nc(-c3ccccc3CN)sc2C)c1. The molecular formula is C20H22N2OS. The number of methoxy groups -OCH3 is 1. The van der Waals surface area contributed by atoms with Gasteiger partial charge in [0.05, 0.1) is 12.8 Å². The van der Waals surface area contributed by atoms with E-state index in [4.69, 9.17) is 15.5 Å². The summed E-state index contributed by atoms with van der Waals surface area (Å²) in [5, 5.41) is 1.01. The van der Waals surface area contributed by atoms with E-state index in [-0.39, 0.29) is 0 Å². The highest BCUT2D eigenvalue weighted by atomic mass is 32.1. The number of thiazole rings is 1. The lowest BCUT2D eigenvalue weighted by Gasteiger charge is -2.09. The average Bonchev–Trinajstić information content (AvgIpc) is 3.02. The molecule has 1 heterocycles. The van der Waals surface area contributed by atoms with E-state index in [9.17, 15) is 0 Å². The minimum Gasteiger partial charge on any atom is -0.496 e. The highest BCUT2D eigenvalue weighted by Gasteiger charge is 2.16. The fourth-order valence-corrected chi connectivity index (χ4v) is 3.82. The second kappa shape index (κ2) is 7.16. The van der Waals surface area contributed by atoms with Gasteiger partial charge in [0.25, 0.3) is 0 Å². The topological polar surface area (TPSA) is 48.1 Å². The zero-order valence-electron chi connectivity index (χ0n) is 14.3. The van der Waals surface area contributed by atoms with Gasteiger partial charge in [-0.3, -0.25) is 0 Å². The van der Waals surface area contributed by atoms with Crippen LogP contribution in [0.15, 0.2) is 42.5 Å². The van der Waals surface area contributed by atoms with Crippen molar-refractivity contribution in [3.63, 3.8) is 0 Å². The van der Waals surface area contributed by atoms with Crippen molar-refractivity contribution in [3.8, 4) is 27.6 Å². The van der Waals surface area contributed by atoms with Crippen molar-refractivity contribution in [1.29, 1.82) is 0 Å². The van der Waals surface area contributed by atoms with E-state index in [0.717, 1.165) is 39.6 Å². The average molecular weight is 338 g/mol. The van der Waals surface area contributed by atoms with Crippen LogP contribution in [0.1, 0.15) is 22.9 Å². The van der Waals surface area contributed by atoms with Crippen molar-refractivity contribution in [1.82, 2.24) is 4.98 Å². The van der Waals surface area contributed by atoms with Crippen LogP contribution in [0.5, 0.6) is 5.75 Å². The molecule has 0 fully saturated rings. The zero-order chi connectivity index (χ0) is 17.1. The Morgan fingerprint density at radius 2 is 1.92 bits per heavy atom. The van der Waals surface area contributed by atoms with Crippen LogP contribution in [-0.2, 0) is 13.0 Å².